The number of likely N-dealkylation sites (tertiary alicyclic amines) is 1. The summed E-state index contributed by atoms with van der Waals surface area (Å²) in [5.41, 5.74) is 11.2. The number of hydrogen-bond donors (Lipinski definition) is 6. The van der Waals surface area contributed by atoms with Crippen LogP contribution in [0.2, 0.25) is 0 Å². The molecule has 1 aliphatic heterocycles. The second-order valence-electron chi connectivity index (χ2n) is 10.4. The number of amides is 4. The average molecular weight is 555 g/mol. The number of carbonyl (C=O) groups excluding carboxylic acids is 5. The number of aliphatic carboxylic acids is 1. The summed E-state index contributed by atoms with van der Waals surface area (Å²) in [7, 11) is 0. The van der Waals surface area contributed by atoms with E-state index >= 15 is 0 Å². The molecule has 0 saturated carbocycles. The van der Waals surface area contributed by atoms with E-state index in [9.17, 15) is 28.8 Å². The van der Waals surface area contributed by atoms with Gasteiger partial charge in [0.25, 0.3) is 0 Å². The largest absolute Gasteiger partial charge is 0.481 e. The van der Waals surface area contributed by atoms with Gasteiger partial charge in [-0.3, -0.25) is 24.0 Å². The zero-order valence-corrected chi connectivity index (χ0v) is 23.2. The zero-order valence-electron chi connectivity index (χ0n) is 23.2. The Bertz CT molecular complexity index is 838. The summed E-state index contributed by atoms with van der Waals surface area (Å²) >= 11 is 0. The Hall–Kier alpha value is -3.06. The smallest absolute Gasteiger partial charge is 0.303 e. The lowest BCUT2D eigenvalue weighted by Gasteiger charge is -2.29. The molecule has 0 spiro atoms. The minimum absolute atomic E-state index is 0.0121. The third-order valence-corrected chi connectivity index (χ3v) is 6.56. The molecular weight excluding hydrogens is 508 g/mol. The SMILES string of the molecule is CC(C)C[C@H](NC(=O)[C@H](CCCCN)NC(=O)CCC(=O)O)C(=O)N[C@@H](CCCN)C(=O)N1CCCC1C=O. The monoisotopic (exact) mass is 554 g/mol. The van der Waals surface area contributed by atoms with E-state index < -0.39 is 47.9 Å². The quantitative estimate of drug-likeness (QED) is 0.0887. The number of carboxylic acids is 1. The van der Waals surface area contributed by atoms with Crippen molar-refractivity contribution in [3.63, 3.8) is 0 Å². The molecule has 0 bridgehead atoms. The molecule has 4 amide bonds. The van der Waals surface area contributed by atoms with Gasteiger partial charge in [0.15, 0.2) is 0 Å². The molecule has 0 aromatic carbocycles. The minimum Gasteiger partial charge on any atom is -0.481 e. The number of unbranched alkanes of at least 4 members (excludes halogenated alkanes) is 1. The number of carbonyl (C=O) groups is 6. The van der Waals surface area contributed by atoms with E-state index in [4.69, 9.17) is 16.6 Å². The van der Waals surface area contributed by atoms with Gasteiger partial charge in [-0.15, -0.1) is 0 Å². The van der Waals surface area contributed by atoms with Crippen molar-refractivity contribution in [3.8, 4) is 0 Å². The Morgan fingerprint density at radius 1 is 0.897 bits per heavy atom. The van der Waals surface area contributed by atoms with Crippen LogP contribution in [-0.4, -0.2) is 89.7 Å². The number of rotatable bonds is 19. The van der Waals surface area contributed by atoms with Crippen LogP contribution in [0.15, 0.2) is 0 Å². The van der Waals surface area contributed by atoms with Gasteiger partial charge in [0.05, 0.1) is 12.5 Å². The summed E-state index contributed by atoms with van der Waals surface area (Å²) in [5, 5.41) is 16.9. The number of aldehydes is 1. The second kappa shape index (κ2) is 18.3. The highest BCUT2D eigenvalue weighted by atomic mass is 16.4. The second-order valence-corrected chi connectivity index (χ2v) is 10.4. The van der Waals surface area contributed by atoms with Crippen molar-refractivity contribution in [3.05, 3.63) is 0 Å². The first kappa shape index (κ1) is 34.0. The predicted molar refractivity (Wildman–Crippen MR) is 144 cm³/mol. The van der Waals surface area contributed by atoms with Gasteiger partial charge in [-0.1, -0.05) is 13.8 Å². The fourth-order valence-corrected chi connectivity index (χ4v) is 4.48. The maximum atomic E-state index is 13.4. The van der Waals surface area contributed by atoms with E-state index in [1.54, 1.807) is 0 Å². The molecule has 1 aliphatic rings. The summed E-state index contributed by atoms with van der Waals surface area (Å²) < 4.78 is 0. The first-order valence-electron chi connectivity index (χ1n) is 13.8. The van der Waals surface area contributed by atoms with Crippen LogP contribution in [0.25, 0.3) is 0 Å². The van der Waals surface area contributed by atoms with Crippen molar-refractivity contribution in [2.24, 2.45) is 17.4 Å². The molecule has 39 heavy (non-hydrogen) atoms. The maximum absolute atomic E-state index is 13.4. The minimum atomic E-state index is -1.13. The topological polar surface area (TPSA) is 214 Å². The van der Waals surface area contributed by atoms with Crippen LogP contribution >= 0.6 is 0 Å². The fourth-order valence-electron chi connectivity index (χ4n) is 4.48. The van der Waals surface area contributed by atoms with Crippen LogP contribution in [0, 0.1) is 5.92 Å². The van der Waals surface area contributed by atoms with Gasteiger partial charge in [0.2, 0.25) is 23.6 Å². The Balaban J connectivity index is 3.03. The Morgan fingerprint density at radius 2 is 1.51 bits per heavy atom. The molecule has 0 radical (unpaired) electrons. The molecule has 13 heteroatoms. The van der Waals surface area contributed by atoms with Crippen LogP contribution in [0.1, 0.15) is 78.1 Å². The van der Waals surface area contributed by atoms with Gasteiger partial charge < -0.3 is 42.2 Å². The molecule has 4 atom stereocenters. The van der Waals surface area contributed by atoms with Crippen LogP contribution in [0.4, 0.5) is 0 Å². The molecular formula is C26H46N6O7. The van der Waals surface area contributed by atoms with Gasteiger partial charge in [-0.2, -0.15) is 0 Å². The molecule has 8 N–H and O–H groups in total. The molecule has 13 nitrogen and oxygen atoms in total. The molecule has 1 fully saturated rings. The van der Waals surface area contributed by atoms with E-state index in [0.717, 1.165) is 6.29 Å². The zero-order chi connectivity index (χ0) is 29.4. The summed E-state index contributed by atoms with van der Waals surface area (Å²) in [5.74, 6) is -3.19. The third-order valence-electron chi connectivity index (χ3n) is 6.56. The summed E-state index contributed by atoms with van der Waals surface area (Å²) in [4.78, 5) is 75.8. The highest BCUT2D eigenvalue weighted by molar-refractivity contribution is 5.95. The van der Waals surface area contributed by atoms with E-state index in [0.29, 0.717) is 51.7 Å². The van der Waals surface area contributed by atoms with Crippen molar-refractivity contribution < 1.29 is 33.9 Å². The third kappa shape index (κ3) is 12.6. The Kier molecular flexibility index (Phi) is 15.9. The van der Waals surface area contributed by atoms with Gasteiger partial charge >= 0.3 is 5.97 Å². The average Bonchev–Trinajstić information content (AvgIpc) is 3.37. The molecule has 1 heterocycles. The molecule has 1 rings (SSSR count). The molecule has 1 saturated heterocycles. The molecule has 0 aliphatic carbocycles. The van der Waals surface area contributed by atoms with Crippen molar-refractivity contribution in [1.29, 1.82) is 0 Å². The van der Waals surface area contributed by atoms with Gasteiger partial charge in [0, 0.05) is 13.0 Å². The van der Waals surface area contributed by atoms with Crippen molar-refractivity contribution in [2.45, 2.75) is 102 Å². The lowest BCUT2D eigenvalue weighted by Crippen LogP contribution is -2.57. The predicted octanol–water partition coefficient (Wildman–Crippen LogP) is -0.590. The molecule has 222 valence electrons. The van der Waals surface area contributed by atoms with Crippen molar-refractivity contribution >= 4 is 35.9 Å². The lowest BCUT2D eigenvalue weighted by atomic mass is 10.0. The summed E-state index contributed by atoms with van der Waals surface area (Å²) in [6.07, 6.45) is 3.81. The van der Waals surface area contributed by atoms with Crippen LogP contribution < -0.4 is 27.4 Å². The first-order chi connectivity index (χ1) is 18.5. The molecule has 0 aromatic rings. The fraction of sp³-hybridized carbons (Fsp3) is 0.769. The summed E-state index contributed by atoms with van der Waals surface area (Å²) in [6, 6.07) is -3.39. The number of nitrogens with two attached hydrogens (primary N) is 2. The van der Waals surface area contributed by atoms with Gasteiger partial charge in [-0.25, -0.2) is 0 Å². The standard InChI is InChI=1S/C26H46N6O7/c1-17(2)15-21(31-24(37)19(8-3-4-12-27)29-22(34)10-11-23(35)36)25(38)30-20(9-5-13-28)26(39)32-14-6-7-18(32)16-33/h16-21H,3-15,27-28H2,1-2H3,(H,29,34)(H,30,38)(H,31,37)(H,35,36)/t18?,19-,20-,21-/m0/s1. The van der Waals surface area contributed by atoms with E-state index in [2.05, 4.69) is 16.0 Å². The van der Waals surface area contributed by atoms with Crippen LogP contribution in [-0.2, 0) is 28.8 Å². The van der Waals surface area contributed by atoms with Crippen LogP contribution in [0.3, 0.4) is 0 Å². The van der Waals surface area contributed by atoms with Crippen molar-refractivity contribution in [1.82, 2.24) is 20.9 Å². The van der Waals surface area contributed by atoms with Gasteiger partial charge in [0.1, 0.15) is 24.4 Å². The molecule has 1 unspecified atom stereocenters. The van der Waals surface area contributed by atoms with Crippen molar-refractivity contribution in [2.75, 3.05) is 19.6 Å². The number of nitrogens with zero attached hydrogens (tertiary/aromatic N) is 1. The van der Waals surface area contributed by atoms with Crippen LogP contribution in [0.5, 0.6) is 0 Å². The first-order valence-corrected chi connectivity index (χ1v) is 13.8. The van der Waals surface area contributed by atoms with E-state index in [1.165, 1.54) is 4.90 Å². The Labute approximate surface area is 230 Å². The lowest BCUT2D eigenvalue weighted by molar-refractivity contribution is -0.140. The summed E-state index contributed by atoms with van der Waals surface area (Å²) in [6.45, 7) is 4.91. The highest BCUT2D eigenvalue weighted by Gasteiger charge is 2.35. The number of hydrogen-bond acceptors (Lipinski definition) is 8. The normalized spacial score (nSPS) is 17.3. The maximum Gasteiger partial charge on any atom is 0.303 e. The van der Waals surface area contributed by atoms with E-state index in [-0.39, 0.29) is 43.9 Å². The highest BCUT2D eigenvalue weighted by Crippen LogP contribution is 2.18. The number of nitrogens with one attached hydrogen (secondary N) is 3. The number of carboxylic acid groups (broad SMARTS) is 1. The Morgan fingerprint density at radius 3 is 2.10 bits per heavy atom. The molecule has 0 aromatic heterocycles. The van der Waals surface area contributed by atoms with E-state index in [1.807, 2.05) is 13.8 Å². The van der Waals surface area contributed by atoms with Gasteiger partial charge in [-0.05, 0) is 70.4 Å².